The lowest BCUT2D eigenvalue weighted by Gasteiger charge is -2.19. The molecule has 1 rings (SSSR count). The van der Waals surface area contributed by atoms with Crippen molar-refractivity contribution in [2.24, 2.45) is 0 Å². The van der Waals surface area contributed by atoms with E-state index in [4.69, 9.17) is 4.74 Å². The Labute approximate surface area is 152 Å². The Morgan fingerprint density at radius 2 is 1.65 bits per heavy atom. The smallest absolute Gasteiger partial charge is 0.444 e. The molecule has 2 N–H and O–H groups in total. The van der Waals surface area contributed by atoms with Gasteiger partial charge in [-0.15, -0.1) is 0 Å². The molecule has 0 saturated heterocycles. The highest BCUT2D eigenvalue weighted by Crippen LogP contribution is 2.15. The SMILES string of the molecule is CC(C)(C)OC(=O)NCCCNC(=O)Cc1ccc(OS(=O)(=O)F)cc1. The van der Waals surface area contributed by atoms with Gasteiger partial charge in [0.1, 0.15) is 11.4 Å². The molecule has 1 aromatic carbocycles. The number of halogens is 1. The van der Waals surface area contributed by atoms with Gasteiger partial charge in [0, 0.05) is 13.1 Å². The van der Waals surface area contributed by atoms with Crippen molar-refractivity contribution < 1.29 is 30.8 Å². The lowest BCUT2D eigenvalue weighted by atomic mass is 10.1. The molecule has 0 fully saturated rings. The fourth-order valence-corrected chi connectivity index (χ4v) is 2.19. The van der Waals surface area contributed by atoms with Gasteiger partial charge in [-0.05, 0) is 44.9 Å². The molecule has 0 aliphatic carbocycles. The first-order valence-electron chi connectivity index (χ1n) is 7.91. The number of benzene rings is 1. The molecule has 10 heteroatoms. The predicted molar refractivity (Wildman–Crippen MR) is 92.7 cm³/mol. The van der Waals surface area contributed by atoms with Crippen molar-refractivity contribution in [3.05, 3.63) is 29.8 Å². The molecule has 0 radical (unpaired) electrons. The van der Waals surface area contributed by atoms with Crippen LogP contribution in [-0.2, 0) is 26.5 Å². The Hall–Kier alpha value is -2.36. The topological polar surface area (TPSA) is 111 Å². The molecule has 8 nitrogen and oxygen atoms in total. The number of carbonyl (C=O) groups is 2. The normalized spacial score (nSPS) is 11.5. The minimum atomic E-state index is -5.07. The minimum absolute atomic E-state index is 0.0716. The largest absolute Gasteiger partial charge is 0.488 e. The monoisotopic (exact) mass is 390 g/mol. The van der Waals surface area contributed by atoms with E-state index in [2.05, 4.69) is 14.8 Å². The summed E-state index contributed by atoms with van der Waals surface area (Å²) in [5.41, 5.74) is 0.0470. The number of alkyl carbamates (subject to hydrolysis) is 1. The van der Waals surface area contributed by atoms with Gasteiger partial charge in [-0.3, -0.25) is 4.79 Å². The van der Waals surface area contributed by atoms with Crippen molar-refractivity contribution in [1.82, 2.24) is 10.6 Å². The summed E-state index contributed by atoms with van der Waals surface area (Å²) in [6.07, 6.45) is 0.0929. The van der Waals surface area contributed by atoms with Gasteiger partial charge in [-0.1, -0.05) is 16.0 Å². The van der Waals surface area contributed by atoms with Crippen LogP contribution in [0, 0.1) is 0 Å². The number of hydrogen-bond donors (Lipinski definition) is 2. The highest BCUT2D eigenvalue weighted by molar-refractivity contribution is 7.81. The third-order valence-corrected chi connectivity index (χ3v) is 3.22. The third-order valence-electron chi connectivity index (χ3n) is 2.83. The number of nitrogens with one attached hydrogen (secondary N) is 2. The number of carbonyl (C=O) groups excluding carboxylic acids is 2. The van der Waals surface area contributed by atoms with Crippen LogP contribution in [0.1, 0.15) is 32.8 Å². The van der Waals surface area contributed by atoms with Crippen LogP contribution in [0.3, 0.4) is 0 Å². The Morgan fingerprint density at radius 3 is 2.19 bits per heavy atom. The Bertz CT molecular complexity index is 713. The predicted octanol–water partition coefficient (Wildman–Crippen LogP) is 1.85. The zero-order valence-corrected chi connectivity index (χ0v) is 15.7. The summed E-state index contributed by atoms with van der Waals surface area (Å²) >= 11 is 0. The number of amides is 2. The second kappa shape index (κ2) is 9.37. The Kier molecular flexibility index (Phi) is 7.81. The summed E-state index contributed by atoms with van der Waals surface area (Å²) in [5, 5.41) is 5.27. The molecule has 0 aliphatic heterocycles. The molecule has 0 heterocycles. The van der Waals surface area contributed by atoms with Gasteiger partial charge in [0.15, 0.2) is 0 Å². The van der Waals surface area contributed by atoms with E-state index < -0.39 is 22.2 Å². The summed E-state index contributed by atoms with van der Waals surface area (Å²) in [6, 6.07) is 5.43. The fourth-order valence-electron chi connectivity index (χ4n) is 1.85. The molecular formula is C16H23FN2O6S. The van der Waals surface area contributed by atoms with Crippen molar-refractivity contribution in [2.45, 2.75) is 39.2 Å². The van der Waals surface area contributed by atoms with E-state index in [9.17, 15) is 21.9 Å². The molecule has 0 unspecified atom stereocenters. The van der Waals surface area contributed by atoms with Gasteiger partial charge in [-0.25, -0.2) is 4.79 Å². The van der Waals surface area contributed by atoms with Crippen molar-refractivity contribution in [2.75, 3.05) is 13.1 Å². The molecule has 0 spiro atoms. The van der Waals surface area contributed by atoms with Gasteiger partial charge >= 0.3 is 16.6 Å². The van der Waals surface area contributed by atoms with Crippen molar-refractivity contribution in [3.8, 4) is 5.75 Å². The number of ether oxygens (including phenoxy) is 1. The van der Waals surface area contributed by atoms with Gasteiger partial charge < -0.3 is 19.6 Å². The van der Waals surface area contributed by atoms with E-state index in [1.807, 2.05) is 0 Å². The molecule has 0 saturated carbocycles. The molecule has 0 aliphatic rings. The first-order chi connectivity index (χ1) is 11.9. The van der Waals surface area contributed by atoms with E-state index in [-0.39, 0.29) is 18.1 Å². The molecule has 0 atom stereocenters. The van der Waals surface area contributed by atoms with Gasteiger partial charge in [0.05, 0.1) is 6.42 Å². The van der Waals surface area contributed by atoms with Crippen LogP contribution in [-0.4, -0.2) is 39.1 Å². The average molecular weight is 390 g/mol. The van der Waals surface area contributed by atoms with Crippen LogP contribution in [0.5, 0.6) is 5.75 Å². The van der Waals surface area contributed by atoms with Gasteiger partial charge in [0.25, 0.3) is 0 Å². The Balaban J connectivity index is 2.25. The molecule has 0 bridgehead atoms. The minimum Gasteiger partial charge on any atom is -0.444 e. The van der Waals surface area contributed by atoms with Crippen molar-refractivity contribution in [3.63, 3.8) is 0 Å². The highest BCUT2D eigenvalue weighted by Gasteiger charge is 2.15. The van der Waals surface area contributed by atoms with E-state index in [1.165, 1.54) is 24.3 Å². The maximum absolute atomic E-state index is 12.4. The van der Waals surface area contributed by atoms with Crippen LogP contribution < -0.4 is 14.8 Å². The number of rotatable bonds is 8. The van der Waals surface area contributed by atoms with E-state index in [0.717, 1.165) is 0 Å². The maximum Gasteiger partial charge on any atom is 0.488 e. The van der Waals surface area contributed by atoms with Gasteiger partial charge in [0.2, 0.25) is 5.91 Å². The average Bonchev–Trinajstić information content (AvgIpc) is 2.45. The van der Waals surface area contributed by atoms with Crippen LogP contribution in [0.2, 0.25) is 0 Å². The summed E-state index contributed by atoms with van der Waals surface area (Å²) in [7, 11) is -5.07. The van der Waals surface area contributed by atoms with Crippen LogP contribution in [0.4, 0.5) is 8.68 Å². The van der Waals surface area contributed by atoms with Crippen molar-refractivity contribution >= 4 is 22.5 Å². The van der Waals surface area contributed by atoms with Crippen LogP contribution in [0.25, 0.3) is 0 Å². The van der Waals surface area contributed by atoms with Crippen molar-refractivity contribution in [1.29, 1.82) is 0 Å². The Morgan fingerprint density at radius 1 is 1.08 bits per heavy atom. The third kappa shape index (κ3) is 10.5. The van der Waals surface area contributed by atoms with Crippen LogP contribution >= 0.6 is 0 Å². The molecule has 146 valence electrons. The second-order valence-corrected chi connectivity index (χ2v) is 7.38. The second-order valence-electron chi connectivity index (χ2n) is 6.43. The molecule has 2 amide bonds. The number of hydrogen-bond acceptors (Lipinski definition) is 6. The zero-order chi connectivity index (χ0) is 19.8. The van der Waals surface area contributed by atoms with Crippen LogP contribution in [0.15, 0.2) is 24.3 Å². The molecule has 0 aromatic heterocycles. The quantitative estimate of drug-likeness (QED) is 0.518. The van der Waals surface area contributed by atoms with E-state index in [0.29, 0.717) is 25.1 Å². The zero-order valence-electron chi connectivity index (χ0n) is 14.9. The maximum atomic E-state index is 12.4. The van der Waals surface area contributed by atoms with E-state index in [1.54, 1.807) is 20.8 Å². The van der Waals surface area contributed by atoms with E-state index >= 15 is 0 Å². The van der Waals surface area contributed by atoms with Gasteiger partial charge in [-0.2, -0.15) is 8.42 Å². The first-order valence-corrected chi connectivity index (χ1v) is 9.22. The summed E-state index contributed by atoms with van der Waals surface area (Å²) in [4.78, 5) is 23.2. The molecular weight excluding hydrogens is 367 g/mol. The molecule has 1 aromatic rings. The lowest BCUT2D eigenvalue weighted by Crippen LogP contribution is -2.34. The summed E-state index contributed by atoms with van der Waals surface area (Å²) < 4.78 is 42.2. The highest BCUT2D eigenvalue weighted by atomic mass is 32.3. The molecule has 26 heavy (non-hydrogen) atoms. The fraction of sp³-hybridized carbons (Fsp3) is 0.500. The summed E-state index contributed by atoms with van der Waals surface area (Å²) in [5.74, 6) is -0.418. The lowest BCUT2D eigenvalue weighted by molar-refractivity contribution is -0.120. The summed E-state index contributed by atoms with van der Waals surface area (Å²) in [6.45, 7) is 6.03. The standard InChI is InChI=1S/C16H23FN2O6S/c1-16(2,3)24-15(21)19-10-4-9-18-14(20)11-12-5-7-13(8-6-12)25-26(17,22)23/h5-8H,4,9-11H2,1-3H3,(H,18,20)(H,19,21). The first kappa shape index (κ1) is 21.7.